The predicted octanol–water partition coefficient (Wildman–Crippen LogP) is 4.42. The maximum atomic E-state index is 12.6. The van der Waals surface area contributed by atoms with Gasteiger partial charge < -0.3 is 5.11 Å². The minimum absolute atomic E-state index is 0.0887. The summed E-state index contributed by atoms with van der Waals surface area (Å²) in [5, 5.41) is 10.3. The van der Waals surface area contributed by atoms with Crippen molar-refractivity contribution in [3.05, 3.63) is 58.9 Å². The van der Waals surface area contributed by atoms with Gasteiger partial charge in [-0.05, 0) is 48.7 Å². The molecule has 0 fully saturated rings. The van der Waals surface area contributed by atoms with E-state index < -0.39 is 11.9 Å². The molecule has 2 heterocycles. The molecule has 0 radical (unpaired) electrons. The number of hydrogen-bond acceptors (Lipinski definition) is 3. The summed E-state index contributed by atoms with van der Waals surface area (Å²) in [7, 11) is 0. The van der Waals surface area contributed by atoms with E-state index >= 15 is 0 Å². The summed E-state index contributed by atoms with van der Waals surface area (Å²) in [5.41, 5.74) is 3.47. The monoisotopic (exact) mass is 332 g/mol. The Morgan fingerprint density at radius 2 is 1.83 bits per heavy atom. The van der Waals surface area contributed by atoms with Crippen molar-refractivity contribution in [1.82, 2.24) is 9.97 Å². The van der Waals surface area contributed by atoms with Crippen LogP contribution in [0.5, 0.6) is 0 Å². The van der Waals surface area contributed by atoms with Crippen molar-refractivity contribution in [2.75, 3.05) is 0 Å². The van der Waals surface area contributed by atoms with E-state index in [1.165, 1.54) is 12.3 Å². The Morgan fingerprint density at radius 1 is 1.08 bits per heavy atom. The fraction of sp³-hybridized carbons (Fsp3) is 0.222. The van der Waals surface area contributed by atoms with Crippen molar-refractivity contribution in [2.24, 2.45) is 0 Å². The fourth-order valence-electron chi connectivity index (χ4n) is 2.67. The van der Waals surface area contributed by atoms with Gasteiger partial charge in [-0.3, -0.25) is 4.98 Å². The first-order valence-electron chi connectivity index (χ1n) is 7.35. The molecule has 3 aromatic rings. The molecule has 0 spiro atoms. The maximum absolute atomic E-state index is 12.6. The minimum Gasteiger partial charge on any atom is -0.392 e. The number of pyridine rings is 2. The summed E-state index contributed by atoms with van der Waals surface area (Å²) in [4.78, 5) is 8.06. The summed E-state index contributed by atoms with van der Waals surface area (Å²) in [5.74, 6) is 0. The summed E-state index contributed by atoms with van der Waals surface area (Å²) >= 11 is 0. The second kappa shape index (κ2) is 5.87. The van der Waals surface area contributed by atoms with Crippen molar-refractivity contribution in [2.45, 2.75) is 26.6 Å². The van der Waals surface area contributed by atoms with E-state index in [0.717, 1.165) is 33.7 Å². The molecular weight excluding hydrogens is 317 g/mol. The van der Waals surface area contributed by atoms with Gasteiger partial charge in [0.05, 0.1) is 17.8 Å². The lowest BCUT2D eigenvalue weighted by Gasteiger charge is -2.12. The van der Waals surface area contributed by atoms with Gasteiger partial charge in [0.25, 0.3) is 0 Å². The second-order valence-electron chi connectivity index (χ2n) is 5.66. The zero-order valence-corrected chi connectivity index (χ0v) is 13.1. The number of rotatable bonds is 2. The molecular formula is C18H15F3N2O. The molecule has 0 atom stereocenters. The van der Waals surface area contributed by atoms with E-state index in [0.29, 0.717) is 11.3 Å². The van der Waals surface area contributed by atoms with Crippen LogP contribution < -0.4 is 0 Å². The topological polar surface area (TPSA) is 46.0 Å². The Bertz CT molecular complexity index is 903. The van der Waals surface area contributed by atoms with Crippen LogP contribution in [0.2, 0.25) is 0 Å². The normalized spacial score (nSPS) is 11.9. The largest absolute Gasteiger partial charge is 0.433 e. The molecule has 1 aromatic carbocycles. The van der Waals surface area contributed by atoms with Gasteiger partial charge >= 0.3 is 6.18 Å². The number of aromatic nitrogens is 2. The van der Waals surface area contributed by atoms with E-state index in [4.69, 9.17) is 0 Å². The van der Waals surface area contributed by atoms with Crippen molar-refractivity contribution in [3.63, 3.8) is 0 Å². The predicted molar refractivity (Wildman–Crippen MR) is 85.4 cm³/mol. The molecule has 0 aliphatic carbocycles. The second-order valence-corrected chi connectivity index (χ2v) is 5.66. The summed E-state index contributed by atoms with van der Waals surface area (Å²) in [6.07, 6.45) is -3.28. The number of benzene rings is 1. The zero-order valence-electron chi connectivity index (χ0n) is 13.1. The van der Waals surface area contributed by atoms with Crippen LogP contribution >= 0.6 is 0 Å². The SMILES string of the molecule is Cc1cc(-c2ccc(C(F)(F)F)nc2)nc2c(C)c(CO)ccc12. The van der Waals surface area contributed by atoms with Crippen LogP contribution in [0.15, 0.2) is 36.5 Å². The van der Waals surface area contributed by atoms with Gasteiger partial charge in [-0.15, -0.1) is 0 Å². The Labute approximate surface area is 136 Å². The number of aliphatic hydroxyl groups is 1. The van der Waals surface area contributed by atoms with E-state index in [1.807, 2.05) is 32.0 Å². The molecule has 0 saturated carbocycles. The van der Waals surface area contributed by atoms with Crippen LogP contribution in [0.3, 0.4) is 0 Å². The van der Waals surface area contributed by atoms with Crippen molar-refractivity contribution < 1.29 is 18.3 Å². The minimum atomic E-state index is -4.46. The summed E-state index contributed by atoms with van der Waals surface area (Å²) in [6.45, 7) is 3.70. The standard InChI is InChI=1S/C18H15F3N2O/c1-10-7-15(12-4-6-16(22-8-12)18(19,20)21)23-17-11(2)13(9-24)3-5-14(10)17/h3-8,24H,9H2,1-2H3. The van der Waals surface area contributed by atoms with Gasteiger partial charge in [-0.25, -0.2) is 4.98 Å². The molecule has 0 amide bonds. The van der Waals surface area contributed by atoms with Crippen LogP contribution in [0.4, 0.5) is 13.2 Å². The van der Waals surface area contributed by atoms with Crippen LogP contribution in [0.25, 0.3) is 22.2 Å². The number of aryl methyl sites for hydroxylation is 2. The van der Waals surface area contributed by atoms with Gasteiger partial charge in [0.2, 0.25) is 0 Å². The third-order valence-electron chi connectivity index (χ3n) is 4.07. The first-order valence-corrected chi connectivity index (χ1v) is 7.35. The van der Waals surface area contributed by atoms with E-state index in [9.17, 15) is 18.3 Å². The van der Waals surface area contributed by atoms with Gasteiger partial charge in [0, 0.05) is 17.1 Å². The first kappa shape index (κ1) is 16.4. The van der Waals surface area contributed by atoms with Crippen molar-refractivity contribution >= 4 is 10.9 Å². The first-order chi connectivity index (χ1) is 11.3. The smallest absolute Gasteiger partial charge is 0.392 e. The number of nitrogens with zero attached hydrogens (tertiary/aromatic N) is 2. The third-order valence-corrected chi connectivity index (χ3v) is 4.07. The highest BCUT2D eigenvalue weighted by atomic mass is 19.4. The molecule has 124 valence electrons. The molecule has 3 rings (SSSR count). The van der Waals surface area contributed by atoms with E-state index in [1.54, 1.807) is 0 Å². The average Bonchev–Trinajstić information content (AvgIpc) is 2.55. The molecule has 0 aliphatic heterocycles. The quantitative estimate of drug-likeness (QED) is 0.755. The van der Waals surface area contributed by atoms with Gasteiger partial charge in [-0.2, -0.15) is 13.2 Å². The molecule has 0 bridgehead atoms. The van der Waals surface area contributed by atoms with Crippen LogP contribution in [-0.4, -0.2) is 15.1 Å². The lowest BCUT2D eigenvalue weighted by Crippen LogP contribution is -2.07. The highest BCUT2D eigenvalue weighted by Gasteiger charge is 2.32. The zero-order chi connectivity index (χ0) is 17.5. The molecule has 6 heteroatoms. The van der Waals surface area contributed by atoms with Gasteiger partial charge in [0.1, 0.15) is 5.69 Å². The van der Waals surface area contributed by atoms with Gasteiger partial charge in [0.15, 0.2) is 0 Å². The molecule has 0 saturated heterocycles. The Hall–Kier alpha value is -2.47. The maximum Gasteiger partial charge on any atom is 0.433 e. The molecule has 0 aliphatic rings. The van der Waals surface area contributed by atoms with Crippen LogP contribution in [0, 0.1) is 13.8 Å². The highest BCUT2D eigenvalue weighted by molar-refractivity contribution is 5.88. The Morgan fingerprint density at radius 3 is 2.42 bits per heavy atom. The molecule has 2 aromatic heterocycles. The number of fused-ring (bicyclic) bond motifs is 1. The van der Waals surface area contributed by atoms with Crippen molar-refractivity contribution in [1.29, 1.82) is 0 Å². The molecule has 1 N–H and O–H groups in total. The molecule has 24 heavy (non-hydrogen) atoms. The number of halogens is 3. The van der Waals surface area contributed by atoms with E-state index in [-0.39, 0.29) is 6.61 Å². The summed E-state index contributed by atoms with van der Waals surface area (Å²) in [6, 6.07) is 7.89. The van der Waals surface area contributed by atoms with Gasteiger partial charge in [-0.1, -0.05) is 12.1 Å². The van der Waals surface area contributed by atoms with Crippen LogP contribution in [0.1, 0.15) is 22.4 Å². The average molecular weight is 332 g/mol. The van der Waals surface area contributed by atoms with E-state index in [2.05, 4.69) is 9.97 Å². The third kappa shape index (κ3) is 2.85. The lowest BCUT2D eigenvalue weighted by molar-refractivity contribution is -0.141. The van der Waals surface area contributed by atoms with Crippen molar-refractivity contribution in [3.8, 4) is 11.3 Å². The number of aliphatic hydroxyl groups excluding tert-OH is 1. The highest BCUT2D eigenvalue weighted by Crippen LogP contribution is 2.30. The summed E-state index contributed by atoms with van der Waals surface area (Å²) < 4.78 is 37.9. The number of hydrogen-bond donors (Lipinski definition) is 1. The van der Waals surface area contributed by atoms with Crippen LogP contribution in [-0.2, 0) is 12.8 Å². The fourth-order valence-corrected chi connectivity index (χ4v) is 2.67. The number of alkyl halides is 3. The lowest BCUT2D eigenvalue weighted by atomic mass is 10.00. The molecule has 3 nitrogen and oxygen atoms in total. The Balaban J connectivity index is 2.15. The molecule has 0 unspecified atom stereocenters. The Kier molecular flexibility index (Phi) is 4.01.